The molecule has 17 heavy (non-hydrogen) atoms. The van der Waals surface area contributed by atoms with Gasteiger partial charge in [-0.05, 0) is 25.1 Å². The lowest BCUT2D eigenvalue weighted by atomic mass is 10.3. The molecule has 88 valence electrons. The van der Waals surface area contributed by atoms with E-state index in [-0.39, 0.29) is 12.4 Å². The predicted octanol–water partition coefficient (Wildman–Crippen LogP) is 1.78. The summed E-state index contributed by atoms with van der Waals surface area (Å²) in [6.45, 7) is 2.09. The maximum Gasteiger partial charge on any atom is 0.313 e. The first-order valence-corrected chi connectivity index (χ1v) is 5.51. The molecule has 0 saturated carbocycles. The first kappa shape index (κ1) is 11.7. The van der Waals surface area contributed by atoms with Crippen LogP contribution in [0.15, 0.2) is 18.2 Å². The quantitative estimate of drug-likeness (QED) is 0.778. The molecule has 0 atom stereocenters. The number of benzene rings is 1. The van der Waals surface area contributed by atoms with Crippen LogP contribution in [0.3, 0.4) is 0 Å². The van der Waals surface area contributed by atoms with E-state index in [0.717, 1.165) is 0 Å². The lowest BCUT2D eigenvalue weighted by Gasteiger charge is -2.01. The highest BCUT2D eigenvalue weighted by molar-refractivity contribution is 6.31. The van der Waals surface area contributed by atoms with Crippen LogP contribution in [0.1, 0.15) is 12.7 Å². The standard InChI is InChI=1S/C11H10ClN3O2/c1-2-17-11(16)6-10-13-9-5-7(12)3-4-8(9)14-15-10/h3-5H,2,6H2,1H3. The number of carbonyl (C=O) groups excluding carboxylic acids is 1. The van der Waals surface area contributed by atoms with E-state index >= 15 is 0 Å². The van der Waals surface area contributed by atoms with Gasteiger partial charge in [-0.1, -0.05) is 11.6 Å². The van der Waals surface area contributed by atoms with E-state index in [1.807, 2.05) is 0 Å². The number of carbonyl (C=O) groups is 1. The van der Waals surface area contributed by atoms with E-state index in [9.17, 15) is 4.79 Å². The van der Waals surface area contributed by atoms with Crippen molar-refractivity contribution in [2.75, 3.05) is 6.61 Å². The Labute approximate surface area is 103 Å². The maximum absolute atomic E-state index is 11.3. The van der Waals surface area contributed by atoms with Crippen LogP contribution in [-0.4, -0.2) is 27.8 Å². The summed E-state index contributed by atoms with van der Waals surface area (Å²) in [5.74, 6) is -0.0334. The summed E-state index contributed by atoms with van der Waals surface area (Å²) in [5.41, 5.74) is 1.26. The Kier molecular flexibility index (Phi) is 3.49. The predicted molar refractivity (Wildman–Crippen MR) is 62.7 cm³/mol. The zero-order valence-corrected chi connectivity index (χ0v) is 9.94. The number of rotatable bonds is 3. The SMILES string of the molecule is CCOC(=O)Cc1nnc2ccc(Cl)cc2n1. The van der Waals surface area contributed by atoms with Gasteiger partial charge in [-0.15, -0.1) is 10.2 Å². The summed E-state index contributed by atoms with van der Waals surface area (Å²) >= 11 is 5.85. The second-order valence-corrected chi connectivity index (χ2v) is 3.78. The summed E-state index contributed by atoms with van der Waals surface area (Å²) in [6.07, 6.45) is 0.0172. The lowest BCUT2D eigenvalue weighted by Crippen LogP contribution is -2.11. The van der Waals surface area contributed by atoms with Gasteiger partial charge < -0.3 is 4.74 Å². The Balaban J connectivity index is 2.27. The van der Waals surface area contributed by atoms with Crippen LogP contribution in [-0.2, 0) is 16.0 Å². The largest absolute Gasteiger partial charge is 0.466 e. The molecule has 0 spiro atoms. The van der Waals surface area contributed by atoms with Crippen LogP contribution in [0.25, 0.3) is 11.0 Å². The van der Waals surface area contributed by atoms with Gasteiger partial charge in [0.15, 0.2) is 5.82 Å². The summed E-state index contributed by atoms with van der Waals surface area (Å²) in [4.78, 5) is 15.5. The van der Waals surface area contributed by atoms with Crippen LogP contribution in [0.4, 0.5) is 0 Å². The van der Waals surface area contributed by atoms with E-state index in [2.05, 4.69) is 15.2 Å². The molecule has 0 aliphatic heterocycles. The molecule has 0 fully saturated rings. The molecule has 0 aliphatic carbocycles. The molecule has 0 aliphatic rings. The summed E-state index contributed by atoms with van der Waals surface area (Å²) in [6, 6.07) is 5.12. The zero-order valence-electron chi connectivity index (χ0n) is 9.18. The first-order chi connectivity index (χ1) is 8.19. The topological polar surface area (TPSA) is 65.0 Å². The average Bonchev–Trinajstić information content (AvgIpc) is 2.28. The number of aromatic nitrogens is 3. The van der Waals surface area contributed by atoms with Crippen LogP contribution in [0.5, 0.6) is 0 Å². The van der Waals surface area contributed by atoms with Crippen molar-refractivity contribution in [3.8, 4) is 0 Å². The number of esters is 1. The fraction of sp³-hybridized carbons (Fsp3) is 0.273. The van der Waals surface area contributed by atoms with E-state index in [1.165, 1.54) is 0 Å². The third-order valence-corrected chi connectivity index (χ3v) is 2.30. The number of fused-ring (bicyclic) bond motifs is 1. The normalized spacial score (nSPS) is 10.5. The Morgan fingerprint density at radius 1 is 1.35 bits per heavy atom. The zero-order chi connectivity index (χ0) is 12.3. The van der Waals surface area contributed by atoms with Gasteiger partial charge in [0.05, 0.1) is 12.1 Å². The van der Waals surface area contributed by atoms with Crippen molar-refractivity contribution in [3.05, 3.63) is 29.0 Å². The molecule has 0 N–H and O–H groups in total. The number of ether oxygens (including phenoxy) is 1. The Morgan fingerprint density at radius 2 is 2.18 bits per heavy atom. The fourth-order valence-electron chi connectivity index (χ4n) is 1.36. The van der Waals surface area contributed by atoms with Gasteiger partial charge >= 0.3 is 5.97 Å². The molecule has 5 nitrogen and oxygen atoms in total. The van der Waals surface area contributed by atoms with Gasteiger partial charge in [-0.2, -0.15) is 0 Å². The molecule has 2 aromatic rings. The average molecular weight is 252 g/mol. The van der Waals surface area contributed by atoms with Crippen LogP contribution < -0.4 is 0 Å². The second-order valence-electron chi connectivity index (χ2n) is 3.34. The molecule has 0 radical (unpaired) electrons. The first-order valence-electron chi connectivity index (χ1n) is 5.13. The monoisotopic (exact) mass is 251 g/mol. The van der Waals surface area contributed by atoms with Crippen molar-refractivity contribution in [1.29, 1.82) is 0 Å². The Hall–Kier alpha value is -1.75. The van der Waals surface area contributed by atoms with E-state index in [1.54, 1.807) is 25.1 Å². The van der Waals surface area contributed by atoms with E-state index < -0.39 is 0 Å². The van der Waals surface area contributed by atoms with Crippen molar-refractivity contribution < 1.29 is 9.53 Å². The smallest absolute Gasteiger partial charge is 0.313 e. The molecular weight excluding hydrogens is 242 g/mol. The number of hydrogen-bond acceptors (Lipinski definition) is 5. The highest BCUT2D eigenvalue weighted by Crippen LogP contribution is 2.15. The van der Waals surface area contributed by atoms with Crippen LogP contribution >= 0.6 is 11.6 Å². The minimum atomic E-state index is -0.365. The summed E-state index contributed by atoms with van der Waals surface area (Å²) < 4.78 is 4.81. The molecule has 0 amide bonds. The third kappa shape index (κ3) is 2.88. The molecule has 6 heteroatoms. The van der Waals surface area contributed by atoms with Crippen molar-refractivity contribution in [3.63, 3.8) is 0 Å². The summed E-state index contributed by atoms with van der Waals surface area (Å²) in [7, 11) is 0. The summed E-state index contributed by atoms with van der Waals surface area (Å²) in [5, 5.41) is 8.38. The van der Waals surface area contributed by atoms with E-state index in [4.69, 9.17) is 16.3 Å². The Morgan fingerprint density at radius 3 is 2.94 bits per heavy atom. The number of nitrogens with zero attached hydrogens (tertiary/aromatic N) is 3. The van der Waals surface area contributed by atoms with Gasteiger partial charge in [-0.3, -0.25) is 4.79 Å². The van der Waals surface area contributed by atoms with Gasteiger partial charge in [0.1, 0.15) is 11.9 Å². The highest BCUT2D eigenvalue weighted by atomic mass is 35.5. The third-order valence-electron chi connectivity index (χ3n) is 2.07. The van der Waals surface area contributed by atoms with Crippen molar-refractivity contribution in [1.82, 2.24) is 15.2 Å². The molecule has 1 aromatic heterocycles. The number of halogens is 1. The molecule has 0 saturated heterocycles. The van der Waals surface area contributed by atoms with Crippen LogP contribution in [0, 0.1) is 0 Å². The molecule has 2 rings (SSSR count). The molecule has 1 heterocycles. The van der Waals surface area contributed by atoms with Crippen molar-refractivity contribution in [2.45, 2.75) is 13.3 Å². The maximum atomic E-state index is 11.3. The molecule has 0 unspecified atom stereocenters. The van der Waals surface area contributed by atoms with Gasteiger partial charge in [-0.25, -0.2) is 4.98 Å². The Bertz CT molecular complexity index is 559. The number of hydrogen-bond donors (Lipinski definition) is 0. The second kappa shape index (κ2) is 5.05. The van der Waals surface area contributed by atoms with E-state index in [0.29, 0.717) is 28.5 Å². The van der Waals surface area contributed by atoms with Gasteiger partial charge in [0.2, 0.25) is 0 Å². The molecular formula is C11H10ClN3O2. The molecule has 1 aromatic carbocycles. The van der Waals surface area contributed by atoms with Crippen molar-refractivity contribution >= 4 is 28.6 Å². The fourth-order valence-corrected chi connectivity index (χ4v) is 1.53. The highest BCUT2D eigenvalue weighted by Gasteiger charge is 2.08. The van der Waals surface area contributed by atoms with Crippen LogP contribution in [0.2, 0.25) is 5.02 Å². The lowest BCUT2D eigenvalue weighted by molar-refractivity contribution is -0.142. The minimum Gasteiger partial charge on any atom is -0.466 e. The van der Waals surface area contributed by atoms with Gasteiger partial charge in [0.25, 0.3) is 0 Å². The minimum absolute atomic E-state index is 0.0172. The molecule has 0 bridgehead atoms. The van der Waals surface area contributed by atoms with Gasteiger partial charge in [0, 0.05) is 5.02 Å². The van der Waals surface area contributed by atoms with Crippen molar-refractivity contribution in [2.24, 2.45) is 0 Å².